The van der Waals surface area contributed by atoms with Crippen molar-refractivity contribution >= 4 is 34.2 Å². The van der Waals surface area contributed by atoms with Gasteiger partial charge in [0.2, 0.25) is 23.0 Å². The van der Waals surface area contributed by atoms with E-state index < -0.39 is 29.1 Å². The fraction of sp³-hybridized carbons (Fsp3) is 0.343. The van der Waals surface area contributed by atoms with Crippen molar-refractivity contribution in [1.29, 1.82) is 0 Å². The maximum atomic E-state index is 13.9. The average Bonchev–Trinajstić information content (AvgIpc) is 3.30. The third-order valence-electron chi connectivity index (χ3n) is 8.71. The van der Waals surface area contributed by atoms with Crippen molar-refractivity contribution in [3.63, 3.8) is 0 Å². The number of ether oxygens (including phenoxy) is 3. The number of aryl methyl sites for hydroxylation is 1. The second kappa shape index (κ2) is 14.0. The highest BCUT2D eigenvalue weighted by atomic mass is 16.5. The Morgan fingerprint density at radius 3 is 2.27 bits per heavy atom. The van der Waals surface area contributed by atoms with Gasteiger partial charge in [-0.2, -0.15) is 0 Å². The minimum absolute atomic E-state index is 0.187. The molecule has 3 unspecified atom stereocenters. The second-order valence-corrected chi connectivity index (χ2v) is 11.8. The molecule has 1 aromatic heterocycles. The molecule has 3 atom stereocenters. The molecule has 252 valence electrons. The zero-order valence-electron chi connectivity index (χ0n) is 27.7. The molecular weight excluding hydrogens is 618 g/mol. The molecule has 0 bridgehead atoms. The first-order valence-corrected chi connectivity index (χ1v) is 15.6. The molecule has 0 spiro atoms. The second-order valence-electron chi connectivity index (χ2n) is 11.8. The minimum Gasteiger partial charge on any atom is -0.493 e. The van der Waals surface area contributed by atoms with Crippen molar-refractivity contribution in [3.05, 3.63) is 84.5 Å². The van der Waals surface area contributed by atoms with Crippen LogP contribution in [0.5, 0.6) is 17.2 Å². The van der Waals surface area contributed by atoms with E-state index in [4.69, 9.17) is 14.2 Å². The number of amides is 2. The Morgan fingerprint density at radius 2 is 1.62 bits per heavy atom. The molecule has 0 saturated carbocycles. The standard InChI is InChI=1S/C35H39N5O8/c1-7-17(2)30(33(43)37-20-9-12-24-26(15-20)40-35(45)34(44)39-24)38-25-13-10-21-22(16-27(25)42)23(36-18(3)41)11-8-19-14-28(46-4)31(47-5)32(48-6)29(19)21/h9-10,12-17,23,30H,7-8,11H2,1-6H3,(H,36,41)(H,37,43)(H,38,42)(H,39,44)(H,40,45). The number of nitrogens with one attached hydrogen (secondary N) is 5. The number of carbonyl (C=O) groups excluding carboxylic acids is 2. The van der Waals surface area contributed by atoms with Crippen LogP contribution in [-0.2, 0) is 16.0 Å². The van der Waals surface area contributed by atoms with Crippen LogP contribution in [0, 0.1) is 5.92 Å². The van der Waals surface area contributed by atoms with Gasteiger partial charge in [-0.15, -0.1) is 0 Å². The number of fused-ring (bicyclic) bond motifs is 4. The lowest BCUT2D eigenvalue weighted by molar-refractivity contribution is -0.120. The van der Waals surface area contributed by atoms with Crippen LogP contribution in [0.3, 0.4) is 0 Å². The number of methoxy groups -OCH3 is 3. The Bertz CT molecular complexity index is 2070. The summed E-state index contributed by atoms with van der Waals surface area (Å²) in [6.07, 6.45) is 1.69. The lowest BCUT2D eigenvalue weighted by Gasteiger charge is -2.24. The van der Waals surface area contributed by atoms with Gasteiger partial charge in [0.15, 0.2) is 11.5 Å². The molecule has 1 aliphatic rings. The lowest BCUT2D eigenvalue weighted by Crippen LogP contribution is -2.40. The van der Waals surface area contributed by atoms with E-state index in [-0.39, 0.29) is 22.9 Å². The number of aromatic nitrogens is 2. The topological polar surface area (TPSA) is 181 Å². The Hall–Kier alpha value is -5.59. The maximum Gasteiger partial charge on any atom is 0.314 e. The van der Waals surface area contributed by atoms with E-state index in [0.717, 1.165) is 5.56 Å². The summed E-state index contributed by atoms with van der Waals surface area (Å²) in [4.78, 5) is 68.5. The highest BCUT2D eigenvalue weighted by Crippen LogP contribution is 2.50. The highest BCUT2D eigenvalue weighted by molar-refractivity contribution is 5.98. The summed E-state index contributed by atoms with van der Waals surface area (Å²) >= 11 is 0. The van der Waals surface area contributed by atoms with Crippen LogP contribution in [0.25, 0.3) is 22.2 Å². The van der Waals surface area contributed by atoms with Crippen LogP contribution in [0.4, 0.5) is 11.4 Å². The van der Waals surface area contributed by atoms with Crippen molar-refractivity contribution in [1.82, 2.24) is 15.3 Å². The Balaban J connectivity index is 1.59. The van der Waals surface area contributed by atoms with Crippen molar-refractivity contribution in [2.24, 2.45) is 5.92 Å². The van der Waals surface area contributed by atoms with Gasteiger partial charge in [0, 0.05) is 18.2 Å². The highest BCUT2D eigenvalue weighted by Gasteiger charge is 2.30. The molecule has 13 nitrogen and oxygen atoms in total. The van der Waals surface area contributed by atoms with Crippen LogP contribution in [0.15, 0.2) is 56.8 Å². The molecule has 48 heavy (non-hydrogen) atoms. The summed E-state index contributed by atoms with van der Waals surface area (Å²) in [7, 11) is 4.60. The van der Waals surface area contributed by atoms with Gasteiger partial charge >= 0.3 is 11.1 Å². The van der Waals surface area contributed by atoms with Gasteiger partial charge in [-0.05, 0) is 71.8 Å². The molecule has 0 saturated heterocycles. The van der Waals surface area contributed by atoms with Crippen molar-refractivity contribution in [2.45, 2.75) is 52.1 Å². The van der Waals surface area contributed by atoms with Gasteiger partial charge in [0.25, 0.3) is 0 Å². The summed E-state index contributed by atoms with van der Waals surface area (Å²) in [6.45, 7) is 5.27. The zero-order chi connectivity index (χ0) is 34.7. The summed E-state index contributed by atoms with van der Waals surface area (Å²) < 4.78 is 17.1. The molecule has 13 heteroatoms. The van der Waals surface area contributed by atoms with Gasteiger partial charge in [0.1, 0.15) is 6.04 Å². The number of hydrogen-bond donors (Lipinski definition) is 5. The average molecular weight is 658 g/mol. The van der Waals surface area contributed by atoms with E-state index in [1.54, 1.807) is 37.4 Å². The van der Waals surface area contributed by atoms with Crippen LogP contribution >= 0.6 is 0 Å². The molecule has 0 aliphatic heterocycles. The molecule has 3 aromatic carbocycles. The quantitative estimate of drug-likeness (QED) is 0.158. The van der Waals surface area contributed by atoms with E-state index in [0.29, 0.717) is 69.9 Å². The number of aromatic amines is 2. The van der Waals surface area contributed by atoms with Gasteiger partial charge in [0.05, 0.1) is 44.1 Å². The smallest absolute Gasteiger partial charge is 0.314 e. The first-order chi connectivity index (χ1) is 23.0. The molecular formula is C35H39N5O8. The van der Waals surface area contributed by atoms with Gasteiger partial charge in [-0.1, -0.05) is 26.3 Å². The molecule has 5 N–H and O–H groups in total. The molecule has 0 fully saturated rings. The zero-order valence-corrected chi connectivity index (χ0v) is 27.7. The van der Waals surface area contributed by atoms with Crippen LogP contribution in [-0.4, -0.2) is 49.2 Å². The van der Waals surface area contributed by atoms with Gasteiger partial charge in [-0.3, -0.25) is 24.0 Å². The van der Waals surface area contributed by atoms with Gasteiger partial charge in [-0.25, -0.2) is 0 Å². The van der Waals surface area contributed by atoms with Crippen LogP contribution in [0.2, 0.25) is 0 Å². The largest absolute Gasteiger partial charge is 0.493 e. The van der Waals surface area contributed by atoms with Gasteiger partial charge < -0.3 is 40.1 Å². The molecule has 2 amide bonds. The molecule has 0 radical (unpaired) electrons. The number of carbonyl (C=O) groups is 2. The SMILES string of the molecule is CCC(C)C(Nc1ccc2c(cc1=O)C(NC(C)=O)CCc1cc(OC)c(OC)c(OC)c1-2)C(=O)Nc1ccc2[nH]c(=O)c(=O)[nH]c2c1. The summed E-state index contributed by atoms with van der Waals surface area (Å²) in [6, 6.07) is 10.2. The summed E-state index contributed by atoms with van der Waals surface area (Å²) in [5.74, 6) is 0.481. The van der Waals surface area contributed by atoms with Crippen LogP contribution in [0.1, 0.15) is 50.8 Å². The predicted molar refractivity (Wildman–Crippen MR) is 183 cm³/mol. The number of anilines is 2. The molecule has 5 rings (SSSR count). The first-order valence-electron chi connectivity index (χ1n) is 15.6. The number of hydrogen-bond acceptors (Lipinski definition) is 9. The molecule has 4 aromatic rings. The van der Waals surface area contributed by atoms with Crippen molar-refractivity contribution < 1.29 is 23.8 Å². The first kappa shape index (κ1) is 33.8. The van der Waals surface area contributed by atoms with Crippen molar-refractivity contribution in [3.8, 4) is 28.4 Å². The Kier molecular flexibility index (Phi) is 9.87. The van der Waals surface area contributed by atoms with E-state index in [1.807, 2.05) is 19.9 Å². The van der Waals surface area contributed by atoms with Crippen LogP contribution < -0.4 is 46.7 Å². The molecule has 1 heterocycles. The maximum absolute atomic E-state index is 13.9. The number of rotatable bonds is 10. The predicted octanol–water partition coefficient (Wildman–Crippen LogP) is 3.86. The normalized spacial score (nSPS) is 14.8. The third-order valence-corrected chi connectivity index (χ3v) is 8.71. The molecule has 1 aliphatic carbocycles. The minimum atomic E-state index is -0.826. The lowest BCUT2D eigenvalue weighted by atomic mass is 9.95. The third kappa shape index (κ3) is 6.61. The van der Waals surface area contributed by atoms with E-state index in [2.05, 4.69) is 25.9 Å². The Morgan fingerprint density at radius 1 is 0.917 bits per heavy atom. The van der Waals surface area contributed by atoms with E-state index >= 15 is 0 Å². The van der Waals surface area contributed by atoms with Crippen molar-refractivity contribution in [2.75, 3.05) is 32.0 Å². The fourth-order valence-electron chi connectivity index (χ4n) is 6.11. The van der Waals surface area contributed by atoms with E-state index in [1.165, 1.54) is 27.2 Å². The number of benzene rings is 2. The fourth-order valence-corrected chi connectivity index (χ4v) is 6.11. The van der Waals surface area contributed by atoms with E-state index in [9.17, 15) is 24.0 Å². The Labute approximate surface area is 276 Å². The monoisotopic (exact) mass is 657 g/mol. The number of H-pyrrole nitrogens is 2. The summed E-state index contributed by atoms with van der Waals surface area (Å²) in [5.41, 5.74) is 2.26. The summed E-state index contributed by atoms with van der Waals surface area (Å²) in [5, 5.41) is 9.05.